The Morgan fingerprint density at radius 2 is 1.65 bits per heavy atom. The molecule has 0 aliphatic rings. The van der Waals surface area contributed by atoms with Gasteiger partial charge in [0, 0.05) is 6.42 Å². The van der Waals surface area contributed by atoms with E-state index in [2.05, 4.69) is 44.1 Å². The molecule has 0 aliphatic carbocycles. The molecule has 0 aromatic rings. The molecule has 0 aliphatic heterocycles. The lowest BCUT2D eigenvalue weighted by Gasteiger charge is -2.03. The molecule has 1 N–H and O–H groups in total. The van der Waals surface area contributed by atoms with Crippen molar-refractivity contribution < 1.29 is 9.90 Å². The van der Waals surface area contributed by atoms with Crippen LogP contribution in [0.5, 0.6) is 0 Å². The first-order valence-corrected chi connectivity index (χ1v) is 10.7. The third-order valence-corrected chi connectivity index (χ3v) is 3.67. The molecular weight excluding hydrogens is 264 g/mol. The van der Waals surface area contributed by atoms with E-state index in [-0.39, 0.29) is 12.4 Å². The van der Waals surface area contributed by atoms with Crippen LogP contribution in [0.2, 0.25) is 19.6 Å². The Morgan fingerprint density at radius 1 is 1.05 bits per heavy atom. The standard InChI is InChI=1S/C17H28O2Si/c1-15(7-6-8-16(2)11-13-18)9-10-17(19)12-14-20(3,4)5/h7,11,18H,6,8-10,13H2,1-5H3. The number of hydrogen-bond donors (Lipinski definition) is 1. The highest BCUT2D eigenvalue weighted by atomic mass is 28.3. The van der Waals surface area contributed by atoms with Gasteiger partial charge in [-0.2, -0.15) is 0 Å². The van der Waals surface area contributed by atoms with Gasteiger partial charge in [0.15, 0.2) is 0 Å². The summed E-state index contributed by atoms with van der Waals surface area (Å²) in [4.78, 5) is 11.6. The average Bonchev–Trinajstić information content (AvgIpc) is 2.33. The van der Waals surface area contributed by atoms with Gasteiger partial charge < -0.3 is 5.11 Å². The van der Waals surface area contributed by atoms with Crippen LogP contribution in [0.4, 0.5) is 0 Å². The lowest BCUT2D eigenvalue weighted by Crippen LogP contribution is -2.17. The van der Waals surface area contributed by atoms with E-state index < -0.39 is 8.07 Å². The minimum atomic E-state index is -1.44. The van der Waals surface area contributed by atoms with Gasteiger partial charge >= 0.3 is 0 Å². The predicted molar refractivity (Wildman–Crippen MR) is 89.2 cm³/mol. The first kappa shape index (κ1) is 18.9. The normalized spacial score (nSPS) is 12.9. The maximum atomic E-state index is 11.6. The Balaban J connectivity index is 4.09. The van der Waals surface area contributed by atoms with E-state index in [0.717, 1.165) is 19.3 Å². The third kappa shape index (κ3) is 11.9. The van der Waals surface area contributed by atoms with Gasteiger partial charge in [-0.15, -0.1) is 5.54 Å². The predicted octanol–water partition coefficient (Wildman–Crippen LogP) is 3.88. The molecule has 20 heavy (non-hydrogen) atoms. The fourth-order valence-electron chi connectivity index (χ4n) is 1.54. The third-order valence-electron chi connectivity index (χ3n) is 2.79. The highest BCUT2D eigenvalue weighted by Gasteiger charge is 2.08. The van der Waals surface area contributed by atoms with Crippen LogP contribution in [0, 0.1) is 11.5 Å². The van der Waals surface area contributed by atoms with Gasteiger partial charge in [0.1, 0.15) is 8.07 Å². The van der Waals surface area contributed by atoms with E-state index >= 15 is 0 Å². The van der Waals surface area contributed by atoms with Crippen molar-refractivity contribution in [1.82, 2.24) is 0 Å². The lowest BCUT2D eigenvalue weighted by atomic mass is 10.1. The van der Waals surface area contributed by atoms with Crippen molar-refractivity contribution in [1.29, 1.82) is 0 Å². The summed E-state index contributed by atoms with van der Waals surface area (Å²) in [5.41, 5.74) is 5.55. The van der Waals surface area contributed by atoms with Crippen LogP contribution in [0.25, 0.3) is 0 Å². The molecule has 0 unspecified atom stereocenters. The summed E-state index contributed by atoms with van der Waals surface area (Å²) >= 11 is 0. The number of ketones is 1. The maximum Gasteiger partial charge on any atom is 0.205 e. The average molecular weight is 292 g/mol. The highest BCUT2D eigenvalue weighted by Crippen LogP contribution is 2.10. The van der Waals surface area contributed by atoms with Crippen molar-refractivity contribution >= 4 is 13.9 Å². The second-order valence-electron chi connectivity index (χ2n) is 6.25. The molecule has 2 nitrogen and oxygen atoms in total. The number of carbonyl (C=O) groups excluding carboxylic acids is 1. The van der Waals surface area contributed by atoms with Crippen LogP contribution in [-0.2, 0) is 4.79 Å². The Labute approximate surface area is 125 Å². The van der Waals surface area contributed by atoms with Crippen LogP contribution in [0.3, 0.4) is 0 Å². The van der Waals surface area contributed by atoms with E-state index in [9.17, 15) is 4.79 Å². The number of aliphatic hydroxyl groups excluding tert-OH is 1. The molecule has 0 radical (unpaired) electrons. The number of aliphatic hydroxyl groups is 1. The summed E-state index contributed by atoms with van der Waals surface area (Å²) in [5, 5.41) is 8.76. The van der Waals surface area contributed by atoms with Gasteiger partial charge in [-0.05, 0) is 39.0 Å². The van der Waals surface area contributed by atoms with Crippen LogP contribution in [0.15, 0.2) is 23.3 Å². The van der Waals surface area contributed by atoms with Crippen molar-refractivity contribution in [3.8, 4) is 11.5 Å². The molecule has 0 rings (SSSR count). The van der Waals surface area contributed by atoms with Crippen molar-refractivity contribution in [2.75, 3.05) is 6.61 Å². The summed E-state index contributed by atoms with van der Waals surface area (Å²) in [6, 6.07) is 0. The molecule has 0 aromatic carbocycles. The zero-order chi connectivity index (χ0) is 15.6. The highest BCUT2D eigenvalue weighted by molar-refractivity contribution is 6.84. The molecule has 0 atom stereocenters. The maximum absolute atomic E-state index is 11.6. The van der Waals surface area contributed by atoms with E-state index in [1.807, 2.05) is 13.0 Å². The van der Waals surface area contributed by atoms with Crippen molar-refractivity contribution in [3.63, 3.8) is 0 Å². The number of carbonyl (C=O) groups is 1. The van der Waals surface area contributed by atoms with E-state index in [1.54, 1.807) is 0 Å². The van der Waals surface area contributed by atoms with Gasteiger partial charge in [-0.3, -0.25) is 4.79 Å². The number of hydrogen-bond acceptors (Lipinski definition) is 2. The van der Waals surface area contributed by atoms with Gasteiger partial charge in [-0.1, -0.05) is 42.9 Å². The summed E-state index contributed by atoms with van der Waals surface area (Å²) in [7, 11) is -1.44. The summed E-state index contributed by atoms with van der Waals surface area (Å²) < 4.78 is 0. The lowest BCUT2D eigenvalue weighted by molar-refractivity contribution is -0.113. The van der Waals surface area contributed by atoms with Gasteiger partial charge in [0.25, 0.3) is 0 Å². The van der Waals surface area contributed by atoms with Crippen molar-refractivity contribution in [2.45, 2.75) is 59.2 Å². The molecule has 0 saturated carbocycles. The molecular formula is C17H28O2Si. The van der Waals surface area contributed by atoms with Gasteiger partial charge in [-0.25, -0.2) is 0 Å². The minimum absolute atomic E-state index is 0.0523. The first-order valence-electron chi connectivity index (χ1n) is 7.22. The van der Waals surface area contributed by atoms with Crippen molar-refractivity contribution in [3.05, 3.63) is 23.3 Å². The zero-order valence-electron chi connectivity index (χ0n) is 13.5. The summed E-state index contributed by atoms with van der Waals surface area (Å²) in [6.07, 6.45) is 7.24. The molecule has 3 heteroatoms. The van der Waals surface area contributed by atoms with Crippen LogP contribution in [0.1, 0.15) is 39.5 Å². The minimum Gasteiger partial charge on any atom is -0.392 e. The molecule has 112 valence electrons. The van der Waals surface area contributed by atoms with Crippen LogP contribution < -0.4 is 0 Å². The quantitative estimate of drug-likeness (QED) is 0.439. The van der Waals surface area contributed by atoms with Crippen LogP contribution in [-0.4, -0.2) is 25.6 Å². The van der Waals surface area contributed by atoms with E-state index in [4.69, 9.17) is 5.11 Å². The number of rotatable bonds is 7. The number of Topliss-reactive ketones (excluding diaryl/α,β-unsaturated/α-hetero) is 1. The van der Waals surface area contributed by atoms with Crippen LogP contribution >= 0.6 is 0 Å². The molecule has 0 saturated heterocycles. The second-order valence-corrected chi connectivity index (χ2v) is 11.0. The monoisotopic (exact) mass is 292 g/mol. The fraction of sp³-hybridized carbons (Fsp3) is 0.588. The van der Waals surface area contributed by atoms with Crippen molar-refractivity contribution in [2.24, 2.45) is 0 Å². The Bertz CT molecular complexity index is 428. The van der Waals surface area contributed by atoms with Gasteiger partial charge in [0.05, 0.1) is 6.61 Å². The summed E-state index contributed by atoms with van der Waals surface area (Å²) in [6.45, 7) is 10.6. The fourth-order valence-corrected chi connectivity index (χ4v) is 2.05. The molecule has 0 bridgehead atoms. The number of allylic oxidation sites excluding steroid dienone is 3. The topological polar surface area (TPSA) is 37.3 Å². The molecule has 0 heterocycles. The van der Waals surface area contributed by atoms with E-state index in [1.165, 1.54) is 11.1 Å². The Morgan fingerprint density at radius 3 is 2.20 bits per heavy atom. The largest absolute Gasteiger partial charge is 0.392 e. The Kier molecular flexibility index (Phi) is 9.20. The Hall–Kier alpha value is -1.11. The second kappa shape index (κ2) is 9.74. The summed E-state index contributed by atoms with van der Waals surface area (Å²) in [5.74, 6) is 2.83. The smallest absolute Gasteiger partial charge is 0.205 e. The molecule has 0 aromatic heterocycles. The zero-order valence-corrected chi connectivity index (χ0v) is 14.5. The molecule has 0 fully saturated rings. The molecule has 0 amide bonds. The van der Waals surface area contributed by atoms with Gasteiger partial charge in [0.2, 0.25) is 5.78 Å². The molecule has 0 spiro atoms. The SMILES string of the molecule is CC(=CCO)CCC=C(C)CCC(=O)C#C[Si](C)(C)C. The van der Waals surface area contributed by atoms with E-state index in [0.29, 0.717) is 6.42 Å². The first-order chi connectivity index (χ1) is 9.24.